The summed E-state index contributed by atoms with van der Waals surface area (Å²) in [6.45, 7) is 24.4. The van der Waals surface area contributed by atoms with Crippen molar-refractivity contribution >= 4 is 0 Å². The van der Waals surface area contributed by atoms with E-state index in [-0.39, 0.29) is 0 Å². The first-order valence-corrected chi connectivity index (χ1v) is 9.28. The van der Waals surface area contributed by atoms with Crippen LogP contribution < -0.4 is 0 Å². The van der Waals surface area contributed by atoms with Gasteiger partial charge < -0.3 is 0 Å². The molecule has 0 fully saturated rings. The van der Waals surface area contributed by atoms with Crippen LogP contribution in [0.5, 0.6) is 0 Å². The molecule has 24 heavy (non-hydrogen) atoms. The molecule has 0 amide bonds. The highest BCUT2D eigenvalue weighted by Crippen LogP contribution is 2.31. The van der Waals surface area contributed by atoms with Crippen LogP contribution >= 0.6 is 0 Å². The molecule has 0 bridgehead atoms. The predicted octanol–water partition coefficient (Wildman–Crippen LogP) is 7.08. The van der Waals surface area contributed by atoms with Crippen LogP contribution in [0.4, 0.5) is 0 Å². The van der Waals surface area contributed by atoms with E-state index < -0.39 is 0 Å². The minimum atomic E-state index is 1.06. The maximum atomic E-state index is 2.32. The molecule has 0 spiro atoms. The summed E-state index contributed by atoms with van der Waals surface area (Å²) in [5.41, 5.74) is 16.1. The maximum absolute atomic E-state index is 2.32. The number of hydrogen-bond acceptors (Lipinski definition) is 0. The molecular weight excluding hydrogens is 288 g/mol. The Bertz CT molecular complexity index is 690. The summed E-state index contributed by atoms with van der Waals surface area (Å²) in [5, 5.41) is 0. The van der Waals surface area contributed by atoms with E-state index in [2.05, 4.69) is 68.4 Å². The van der Waals surface area contributed by atoms with Gasteiger partial charge in [0.25, 0.3) is 0 Å². The lowest BCUT2D eigenvalue weighted by Gasteiger charge is -2.21. The summed E-state index contributed by atoms with van der Waals surface area (Å²) in [6, 6.07) is 2.32. The SMILES string of the molecule is CC.Cc1cc(C)c(C)c(Cc2c(C)c(C)c(C)c(C)c2C)c1C. The predicted molar refractivity (Wildman–Crippen MR) is 110 cm³/mol. The Hall–Kier alpha value is -1.56. The van der Waals surface area contributed by atoms with E-state index in [1.165, 1.54) is 61.2 Å². The quantitative estimate of drug-likeness (QED) is 0.553. The average Bonchev–Trinajstić information content (AvgIpc) is 2.58. The molecule has 0 heterocycles. The van der Waals surface area contributed by atoms with Crippen molar-refractivity contribution in [2.24, 2.45) is 0 Å². The minimum Gasteiger partial charge on any atom is -0.0683 e. The molecule has 0 saturated heterocycles. The number of rotatable bonds is 2. The molecule has 2 aromatic carbocycles. The third-order valence-electron chi connectivity index (χ3n) is 6.03. The molecule has 0 aliphatic heterocycles. The van der Waals surface area contributed by atoms with Crippen molar-refractivity contribution in [3.05, 3.63) is 67.3 Å². The van der Waals surface area contributed by atoms with E-state index in [1.54, 1.807) is 0 Å². The van der Waals surface area contributed by atoms with E-state index in [0.717, 1.165) is 6.42 Å². The fourth-order valence-electron chi connectivity index (χ4n) is 3.58. The van der Waals surface area contributed by atoms with Crippen LogP contribution in [-0.2, 0) is 6.42 Å². The number of aryl methyl sites for hydroxylation is 2. The molecule has 0 N–H and O–H groups in total. The van der Waals surface area contributed by atoms with Crippen LogP contribution in [0.1, 0.15) is 75.0 Å². The average molecular weight is 325 g/mol. The normalized spacial score (nSPS) is 10.5. The van der Waals surface area contributed by atoms with Crippen LogP contribution in [0.15, 0.2) is 6.07 Å². The van der Waals surface area contributed by atoms with E-state index in [1.807, 2.05) is 13.8 Å². The second-order valence-electron chi connectivity index (χ2n) is 7.02. The van der Waals surface area contributed by atoms with Gasteiger partial charge in [0.15, 0.2) is 0 Å². The number of benzene rings is 2. The molecule has 0 aliphatic carbocycles. The second kappa shape index (κ2) is 8.01. The lowest BCUT2D eigenvalue weighted by atomic mass is 9.83. The summed E-state index contributed by atoms with van der Waals surface area (Å²) in [5.74, 6) is 0. The molecule has 0 saturated carbocycles. The van der Waals surface area contributed by atoms with Crippen molar-refractivity contribution in [1.82, 2.24) is 0 Å². The third kappa shape index (κ3) is 3.58. The largest absolute Gasteiger partial charge is 0.0683 e. The number of hydrogen-bond donors (Lipinski definition) is 0. The first kappa shape index (κ1) is 20.5. The molecule has 132 valence electrons. The Balaban J connectivity index is 0.00000139. The van der Waals surface area contributed by atoms with Crippen molar-refractivity contribution < 1.29 is 0 Å². The van der Waals surface area contributed by atoms with Gasteiger partial charge in [0, 0.05) is 0 Å². The Morgan fingerprint density at radius 1 is 0.458 bits per heavy atom. The van der Waals surface area contributed by atoms with Gasteiger partial charge in [-0.15, -0.1) is 0 Å². The smallest absolute Gasteiger partial charge is 0.00149 e. The molecule has 2 rings (SSSR count). The zero-order valence-electron chi connectivity index (χ0n) is 17.8. The zero-order chi connectivity index (χ0) is 18.8. The molecule has 0 atom stereocenters. The Morgan fingerprint density at radius 3 is 1.12 bits per heavy atom. The lowest BCUT2D eigenvalue weighted by Crippen LogP contribution is -2.07. The van der Waals surface area contributed by atoms with Gasteiger partial charge in [-0.05, 0) is 130 Å². The van der Waals surface area contributed by atoms with Gasteiger partial charge in [0.05, 0.1) is 0 Å². The first-order valence-electron chi connectivity index (χ1n) is 9.28. The Kier molecular flexibility index (Phi) is 6.84. The fourth-order valence-corrected chi connectivity index (χ4v) is 3.58. The van der Waals surface area contributed by atoms with Crippen molar-refractivity contribution in [3.8, 4) is 0 Å². The van der Waals surface area contributed by atoms with E-state index >= 15 is 0 Å². The van der Waals surface area contributed by atoms with E-state index in [4.69, 9.17) is 0 Å². The van der Waals surface area contributed by atoms with Crippen LogP contribution in [-0.4, -0.2) is 0 Å². The minimum absolute atomic E-state index is 1.06. The van der Waals surface area contributed by atoms with Crippen molar-refractivity contribution in [3.63, 3.8) is 0 Å². The van der Waals surface area contributed by atoms with E-state index in [9.17, 15) is 0 Å². The molecule has 0 nitrogen and oxygen atoms in total. The Morgan fingerprint density at radius 2 is 0.750 bits per heavy atom. The summed E-state index contributed by atoms with van der Waals surface area (Å²) >= 11 is 0. The van der Waals surface area contributed by atoms with Crippen LogP contribution in [0.3, 0.4) is 0 Å². The van der Waals surface area contributed by atoms with Gasteiger partial charge in [0.2, 0.25) is 0 Å². The summed E-state index contributed by atoms with van der Waals surface area (Å²) < 4.78 is 0. The standard InChI is InChI=1S/C22H30.C2H6/c1-12-10-13(2)15(4)21(14(12)3)11-22-19(8)17(6)16(5)18(7)20(22)9;1-2/h10H,11H2,1-9H3;1-2H3. The van der Waals surface area contributed by atoms with Crippen molar-refractivity contribution in [1.29, 1.82) is 0 Å². The Labute approximate surface area is 150 Å². The molecule has 0 heteroatoms. The maximum Gasteiger partial charge on any atom is -0.00149 e. The zero-order valence-corrected chi connectivity index (χ0v) is 17.8. The lowest BCUT2D eigenvalue weighted by molar-refractivity contribution is 1.03. The third-order valence-corrected chi connectivity index (χ3v) is 6.03. The second-order valence-corrected chi connectivity index (χ2v) is 7.02. The summed E-state index contributed by atoms with van der Waals surface area (Å²) in [6.07, 6.45) is 1.06. The van der Waals surface area contributed by atoms with Gasteiger partial charge in [0.1, 0.15) is 0 Å². The highest BCUT2D eigenvalue weighted by atomic mass is 14.2. The van der Waals surface area contributed by atoms with Crippen LogP contribution in [0.25, 0.3) is 0 Å². The van der Waals surface area contributed by atoms with Gasteiger partial charge in [-0.3, -0.25) is 0 Å². The molecule has 0 aromatic heterocycles. The molecule has 0 aliphatic rings. The summed E-state index contributed by atoms with van der Waals surface area (Å²) in [7, 11) is 0. The molecule has 0 radical (unpaired) electrons. The molecule has 2 aromatic rings. The first-order chi connectivity index (χ1) is 11.2. The molecule has 0 unspecified atom stereocenters. The van der Waals surface area contributed by atoms with E-state index in [0.29, 0.717) is 0 Å². The van der Waals surface area contributed by atoms with Crippen molar-refractivity contribution in [2.75, 3.05) is 0 Å². The van der Waals surface area contributed by atoms with Crippen molar-refractivity contribution in [2.45, 2.75) is 82.6 Å². The van der Waals surface area contributed by atoms with Gasteiger partial charge in [-0.1, -0.05) is 19.9 Å². The van der Waals surface area contributed by atoms with Crippen LogP contribution in [0, 0.1) is 62.3 Å². The monoisotopic (exact) mass is 324 g/mol. The van der Waals surface area contributed by atoms with Gasteiger partial charge in [-0.2, -0.15) is 0 Å². The summed E-state index contributed by atoms with van der Waals surface area (Å²) in [4.78, 5) is 0. The van der Waals surface area contributed by atoms with Crippen LogP contribution in [0.2, 0.25) is 0 Å². The highest BCUT2D eigenvalue weighted by Gasteiger charge is 2.15. The highest BCUT2D eigenvalue weighted by molar-refractivity contribution is 5.53. The topological polar surface area (TPSA) is 0 Å². The van der Waals surface area contributed by atoms with Gasteiger partial charge in [-0.25, -0.2) is 0 Å². The van der Waals surface area contributed by atoms with Gasteiger partial charge >= 0.3 is 0 Å². The molecular formula is C24H36. The fraction of sp³-hybridized carbons (Fsp3) is 0.500.